The number of aromatic nitrogens is 1. The maximum atomic E-state index is 12.2. The lowest BCUT2D eigenvalue weighted by molar-refractivity contribution is -0.122. The molecule has 0 bridgehead atoms. The lowest BCUT2D eigenvalue weighted by atomic mass is 10.1. The molecule has 1 heterocycles. The van der Waals surface area contributed by atoms with Crippen molar-refractivity contribution in [2.24, 2.45) is 0 Å². The molecule has 24 heavy (non-hydrogen) atoms. The Hall–Kier alpha value is -2.60. The number of nitrogens with one attached hydrogen (secondary N) is 1. The summed E-state index contributed by atoms with van der Waals surface area (Å²) in [5.74, 6) is 0.267. The molecule has 0 saturated heterocycles. The van der Waals surface area contributed by atoms with Crippen LogP contribution in [0, 0.1) is 0 Å². The Morgan fingerprint density at radius 2 is 2.00 bits per heavy atom. The Morgan fingerprint density at radius 3 is 2.62 bits per heavy atom. The third kappa shape index (κ3) is 4.23. The molecule has 6 nitrogen and oxygen atoms in total. The molecule has 0 unspecified atom stereocenters. The number of hydrogen-bond donors (Lipinski definition) is 1. The molecule has 0 radical (unpaired) electrons. The van der Waals surface area contributed by atoms with Gasteiger partial charge in [-0.05, 0) is 44.2 Å². The highest BCUT2D eigenvalue weighted by Crippen LogP contribution is 2.29. The van der Waals surface area contributed by atoms with Gasteiger partial charge in [0.25, 0.3) is 5.91 Å². The van der Waals surface area contributed by atoms with E-state index in [0.29, 0.717) is 22.7 Å². The van der Waals surface area contributed by atoms with Crippen LogP contribution in [0.15, 0.2) is 36.5 Å². The second-order valence-electron chi connectivity index (χ2n) is 5.01. The number of carbonyl (C=O) groups is 2. The quantitative estimate of drug-likeness (QED) is 0.639. The van der Waals surface area contributed by atoms with Crippen LogP contribution in [0.4, 0.5) is 5.69 Å². The number of hydrogen-bond acceptors (Lipinski definition) is 5. The van der Waals surface area contributed by atoms with Crippen molar-refractivity contribution in [1.82, 2.24) is 4.98 Å². The largest absolute Gasteiger partial charge is 0.493 e. The van der Waals surface area contributed by atoms with Gasteiger partial charge in [0.05, 0.1) is 12.8 Å². The Bertz CT molecular complexity index is 764. The molecule has 7 heteroatoms. The SMILES string of the molecule is COc1cc(C(C)=O)ccc1O[C@@H](C)C(=O)Nc1cccnc1Cl. The molecule has 0 aliphatic carbocycles. The van der Waals surface area contributed by atoms with E-state index in [1.807, 2.05) is 0 Å². The van der Waals surface area contributed by atoms with Crippen molar-refractivity contribution in [2.45, 2.75) is 20.0 Å². The molecule has 0 aliphatic rings. The van der Waals surface area contributed by atoms with Gasteiger partial charge in [-0.15, -0.1) is 0 Å². The Labute approximate surface area is 144 Å². The molecule has 2 rings (SSSR count). The van der Waals surface area contributed by atoms with Crippen molar-refractivity contribution in [3.63, 3.8) is 0 Å². The predicted octanol–water partition coefficient (Wildman–Crippen LogP) is 3.35. The van der Waals surface area contributed by atoms with Gasteiger partial charge in [-0.2, -0.15) is 0 Å². The monoisotopic (exact) mass is 348 g/mol. The lowest BCUT2D eigenvalue weighted by Crippen LogP contribution is -2.30. The van der Waals surface area contributed by atoms with Crippen molar-refractivity contribution in [2.75, 3.05) is 12.4 Å². The second kappa shape index (κ2) is 7.79. The molecule has 0 saturated carbocycles. The van der Waals surface area contributed by atoms with Gasteiger partial charge in [-0.25, -0.2) is 4.98 Å². The van der Waals surface area contributed by atoms with Gasteiger partial charge >= 0.3 is 0 Å². The molecule has 0 fully saturated rings. The fourth-order valence-electron chi connectivity index (χ4n) is 1.94. The average molecular weight is 349 g/mol. The zero-order chi connectivity index (χ0) is 17.7. The average Bonchev–Trinajstić information content (AvgIpc) is 2.56. The summed E-state index contributed by atoms with van der Waals surface area (Å²) in [6, 6.07) is 8.08. The van der Waals surface area contributed by atoms with Crippen LogP contribution in [0.5, 0.6) is 11.5 Å². The number of amides is 1. The van der Waals surface area contributed by atoms with Crippen LogP contribution in [-0.2, 0) is 4.79 Å². The third-order valence-corrected chi connectivity index (χ3v) is 3.56. The number of methoxy groups -OCH3 is 1. The molecule has 1 atom stereocenters. The van der Waals surface area contributed by atoms with Crippen LogP contribution < -0.4 is 14.8 Å². The standard InChI is InChI=1S/C17H17ClN2O4/c1-10(21)12-6-7-14(15(9-12)23-3)24-11(2)17(22)20-13-5-4-8-19-16(13)18/h4-9,11H,1-3H3,(H,20,22)/t11-/m0/s1. The molecule has 0 aliphatic heterocycles. The summed E-state index contributed by atoms with van der Waals surface area (Å²) in [7, 11) is 1.46. The van der Waals surface area contributed by atoms with Gasteiger partial charge < -0.3 is 14.8 Å². The minimum atomic E-state index is -0.807. The molecule has 1 amide bonds. The Kier molecular flexibility index (Phi) is 5.76. The van der Waals surface area contributed by atoms with Crippen molar-refractivity contribution in [1.29, 1.82) is 0 Å². The molecule has 1 N–H and O–H groups in total. The van der Waals surface area contributed by atoms with E-state index in [2.05, 4.69) is 10.3 Å². The smallest absolute Gasteiger partial charge is 0.265 e. The maximum Gasteiger partial charge on any atom is 0.265 e. The minimum absolute atomic E-state index is 0.0862. The van der Waals surface area contributed by atoms with Crippen molar-refractivity contribution < 1.29 is 19.1 Å². The highest BCUT2D eigenvalue weighted by Gasteiger charge is 2.18. The topological polar surface area (TPSA) is 77.5 Å². The van der Waals surface area contributed by atoms with Crippen LogP contribution in [0.2, 0.25) is 5.15 Å². The number of Topliss-reactive ketones (excluding diaryl/α,β-unsaturated/α-hetero) is 1. The van der Waals surface area contributed by atoms with Crippen molar-refractivity contribution in [3.8, 4) is 11.5 Å². The van der Waals surface area contributed by atoms with E-state index in [4.69, 9.17) is 21.1 Å². The number of ketones is 1. The first kappa shape index (κ1) is 17.7. The minimum Gasteiger partial charge on any atom is -0.493 e. The van der Waals surface area contributed by atoms with Gasteiger partial charge in [0.1, 0.15) is 0 Å². The van der Waals surface area contributed by atoms with E-state index in [1.54, 1.807) is 37.3 Å². The Balaban J connectivity index is 2.11. The van der Waals surface area contributed by atoms with Gasteiger partial charge in [-0.3, -0.25) is 9.59 Å². The highest BCUT2D eigenvalue weighted by atomic mass is 35.5. The van der Waals surface area contributed by atoms with E-state index in [1.165, 1.54) is 20.2 Å². The molecular weight excluding hydrogens is 332 g/mol. The van der Waals surface area contributed by atoms with Crippen molar-refractivity contribution >= 4 is 29.0 Å². The second-order valence-corrected chi connectivity index (χ2v) is 5.37. The zero-order valence-corrected chi connectivity index (χ0v) is 14.3. The van der Waals surface area contributed by atoms with Gasteiger partial charge in [0.2, 0.25) is 0 Å². The molecule has 126 valence electrons. The summed E-state index contributed by atoms with van der Waals surface area (Å²) in [6.07, 6.45) is 0.720. The summed E-state index contributed by atoms with van der Waals surface area (Å²) < 4.78 is 10.8. The van der Waals surface area contributed by atoms with Crippen molar-refractivity contribution in [3.05, 3.63) is 47.2 Å². The molecule has 1 aromatic carbocycles. The first-order valence-corrected chi connectivity index (χ1v) is 7.57. The zero-order valence-electron chi connectivity index (χ0n) is 13.5. The van der Waals surface area contributed by atoms with Gasteiger partial charge in [0, 0.05) is 11.8 Å². The fourth-order valence-corrected chi connectivity index (χ4v) is 2.11. The van der Waals surface area contributed by atoms with Gasteiger partial charge in [-0.1, -0.05) is 11.6 Å². The maximum absolute atomic E-state index is 12.2. The highest BCUT2D eigenvalue weighted by molar-refractivity contribution is 6.32. The third-order valence-electron chi connectivity index (χ3n) is 3.26. The summed E-state index contributed by atoms with van der Waals surface area (Å²) in [4.78, 5) is 27.5. The number of rotatable bonds is 6. The molecule has 1 aromatic heterocycles. The first-order chi connectivity index (χ1) is 11.4. The molecule has 2 aromatic rings. The number of nitrogens with zero attached hydrogens (tertiary/aromatic N) is 1. The number of halogens is 1. The van der Waals surface area contributed by atoms with Gasteiger partial charge in [0.15, 0.2) is 28.5 Å². The molecular formula is C17H17ClN2O4. The summed E-state index contributed by atoms with van der Waals surface area (Å²) >= 11 is 5.91. The van der Waals surface area contributed by atoms with E-state index >= 15 is 0 Å². The van der Waals surface area contributed by atoms with Crippen LogP contribution in [-0.4, -0.2) is 29.9 Å². The van der Waals surface area contributed by atoms with Crippen LogP contribution in [0.3, 0.4) is 0 Å². The Morgan fingerprint density at radius 1 is 1.25 bits per heavy atom. The number of carbonyl (C=O) groups excluding carboxylic acids is 2. The first-order valence-electron chi connectivity index (χ1n) is 7.19. The fraction of sp³-hybridized carbons (Fsp3) is 0.235. The summed E-state index contributed by atoms with van der Waals surface area (Å²) in [6.45, 7) is 3.06. The van der Waals surface area contributed by atoms with Crippen LogP contribution >= 0.6 is 11.6 Å². The molecule has 0 spiro atoms. The summed E-state index contributed by atoms with van der Waals surface area (Å²) in [5.41, 5.74) is 0.900. The van der Waals surface area contributed by atoms with Crippen LogP contribution in [0.1, 0.15) is 24.2 Å². The predicted molar refractivity (Wildman–Crippen MR) is 91.0 cm³/mol. The number of ether oxygens (including phenoxy) is 2. The van der Waals surface area contributed by atoms with E-state index in [0.717, 1.165) is 0 Å². The number of anilines is 1. The van der Waals surface area contributed by atoms with E-state index in [9.17, 15) is 9.59 Å². The number of benzene rings is 1. The van der Waals surface area contributed by atoms with E-state index in [-0.39, 0.29) is 16.8 Å². The van der Waals surface area contributed by atoms with Crippen LogP contribution in [0.25, 0.3) is 0 Å². The number of pyridine rings is 1. The van der Waals surface area contributed by atoms with E-state index < -0.39 is 6.10 Å². The normalized spacial score (nSPS) is 11.5. The lowest BCUT2D eigenvalue weighted by Gasteiger charge is -2.17. The summed E-state index contributed by atoms with van der Waals surface area (Å²) in [5, 5.41) is 2.84.